The van der Waals surface area contributed by atoms with E-state index < -0.39 is 10.0 Å². The highest BCUT2D eigenvalue weighted by Gasteiger charge is 2.08. The van der Waals surface area contributed by atoms with Gasteiger partial charge in [-0.1, -0.05) is 18.5 Å². The third-order valence-electron chi connectivity index (χ3n) is 1.47. The lowest BCUT2D eigenvalue weighted by molar-refractivity contribution is 0.600. The van der Waals surface area contributed by atoms with Crippen molar-refractivity contribution in [2.45, 2.75) is 13.3 Å². The zero-order valence-electron chi connectivity index (χ0n) is 7.70. The van der Waals surface area contributed by atoms with Crippen LogP contribution in [-0.4, -0.2) is 19.2 Å². The average Bonchev–Trinajstić information content (AvgIpc) is 2.02. The van der Waals surface area contributed by atoms with Crippen molar-refractivity contribution in [3.05, 3.63) is 23.5 Å². The molecule has 4 nitrogen and oxygen atoms in total. The van der Waals surface area contributed by atoms with Gasteiger partial charge in [-0.2, -0.15) is 0 Å². The van der Waals surface area contributed by atoms with Crippen LogP contribution in [0.5, 0.6) is 0 Å². The minimum atomic E-state index is -3.24. The Balaban J connectivity index is 2.79. The first-order valence-electron chi connectivity index (χ1n) is 4.15. The minimum Gasteiger partial charge on any atom is -0.283 e. The zero-order valence-corrected chi connectivity index (χ0v) is 9.27. The third kappa shape index (κ3) is 3.51. The number of nitrogens with zero attached hydrogens (tertiary/aromatic N) is 1. The van der Waals surface area contributed by atoms with Gasteiger partial charge in [0, 0.05) is 6.20 Å². The van der Waals surface area contributed by atoms with Gasteiger partial charge in [0.25, 0.3) is 0 Å². The number of hydrogen-bond donors (Lipinski definition) is 1. The molecular formula is C8H11ClN2O2S. The highest BCUT2D eigenvalue weighted by atomic mass is 35.5. The van der Waals surface area contributed by atoms with Gasteiger partial charge in [-0.05, 0) is 18.6 Å². The van der Waals surface area contributed by atoms with Crippen molar-refractivity contribution in [2.75, 3.05) is 10.5 Å². The number of halogens is 1. The molecule has 1 rings (SSSR count). The fourth-order valence-electron chi connectivity index (χ4n) is 0.965. The van der Waals surface area contributed by atoms with E-state index in [4.69, 9.17) is 11.6 Å². The van der Waals surface area contributed by atoms with E-state index in [2.05, 4.69) is 9.71 Å². The number of nitrogens with one attached hydrogen (secondary N) is 1. The van der Waals surface area contributed by atoms with Crippen molar-refractivity contribution in [3.63, 3.8) is 0 Å². The summed E-state index contributed by atoms with van der Waals surface area (Å²) in [5, 5.41) is 0.265. The minimum absolute atomic E-state index is 0.104. The quantitative estimate of drug-likeness (QED) is 0.810. The lowest BCUT2D eigenvalue weighted by Gasteiger charge is -2.06. The average molecular weight is 235 g/mol. The molecule has 0 saturated heterocycles. The summed E-state index contributed by atoms with van der Waals surface area (Å²) >= 11 is 5.60. The summed E-state index contributed by atoms with van der Waals surface area (Å²) in [6.45, 7) is 1.80. The normalized spacial score (nSPS) is 11.3. The molecule has 78 valence electrons. The summed E-state index contributed by atoms with van der Waals surface area (Å²) in [4.78, 5) is 3.75. The van der Waals surface area contributed by atoms with E-state index in [0.29, 0.717) is 12.1 Å². The molecule has 6 heteroatoms. The van der Waals surface area contributed by atoms with Crippen LogP contribution in [0.15, 0.2) is 18.3 Å². The predicted octanol–water partition coefficient (Wildman–Crippen LogP) is 1.89. The molecule has 14 heavy (non-hydrogen) atoms. The van der Waals surface area contributed by atoms with Crippen LogP contribution in [0.25, 0.3) is 0 Å². The fraction of sp³-hybridized carbons (Fsp3) is 0.375. The maximum absolute atomic E-state index is 11.3. The molecule has 0 unspecified atom stereocenters. The Morgan fingerprint density at radius 2 is 2.29 bits per heavy atom. The molecule has 0 amide bonds. The summed E-state index contributed by atoms with van der Waals surface area (Å²) in [7, 11) is -3.24. The number of anilines is 1. The van der Waals surface area contributed by atoms with Gasteiger partial charge >= 0.3 is 0 Å². The SMILES string of the molecule is CCCS(=O)(=O)Nc1ccnc(Cl)c1. The molecule has 0 atom stereocenters. The second-order valence-corrected chi connectivity index (χ2v) is 5.02. The van der Waals surface area contributed by atoms with Crippen molar-refractivity contribution in [2.24, 2.45) is 0 Å². The van der Waals surface area contributed by atoms with Crippen LogP contribution in [0, 0.1) is 0 Å². The number of sulfonamides is 1. The number of pyridine rings is 1. The van der Waals surface area contributed by atoms with E-state index in [1.165, 1.54) is 12.3 Å². The van der Waals surface area contributed by atoms with Gasteiger partial charge in [-0.25, -0.2) is 13.4 Å². The van der Waals surface area contributed by atoms with E-state index >= 15 is 0 Å². The molecule has 1 aromatic heterocycles. The van der Waals surface area contributed by atoms with Crippen LogP contribution in [0.1, 0.15) is 13.3 Å². The Kier molecular flexibility index (Phi) is 3.71. The summed E-state index contributed by atoms with van der Waals surface area (Å²) in [5.74, 6) is 0.104. The lowest BCUT2D eigenvalue weighted by Crippen LogP contribution is -2.16. The van der Waals surface area contributed by atoms with Gasteiger partial charge in [0.05, 0.1) is 11.4 Å². The molecule has 0 aliphatic rings. The summed E-state index contributed by atoms with van der Waals surface area (Å²) in [6, 6.07) is 3.02. The van der Waals surface area contributed by atoms with Crippen LogP contribution >= 0.6 is 11.6 Å². The molecule has 0 spiro atoms. The Labute approximate surface area is 88.4 Å². The van der Waals surface area contributed by atoms with E-state index in [0.717, 1.165) is 0 Å². The Hall–Kier alpha value is -0.810. The van der Waals surface area contributed by atoms with Crippen LogP contribution in [0.3, 0.4) is 0 Å². The largest absolute Gasteiger partial charge is 0.283 e. The van der Waals surface area contributed by atoms with Crippen LogP contribution in [0.4, 0.5) is 5.69 Å². The summed E-state index contributed by atoms with van der Waals surface area (Å²) in [6.07, 6.45) is 2.03. The zero-order chi connectivity index (χ0) is 10.6. The van der Waals surface area contributed by atoms with Gasteiger partial charge in [0.1, 0.15) is 5.15 Å². The maximum Gasteiger partial charge on any atom is 0.232 e. The second-order valence-electron chi connectivity index (χ2n) is 2.79. The molecule has 0 saturated carbocycles. The number of hydrogen-bond acceptors (Lipinski definition) is 3. The summed E-state index contributed by atoms with van der Waals surface area (Å²) in [5.41, 5.74) is 0.443. The first kappa shape index (κ1) is 11.3. The van der Waals surface area contributed by atoms with Gasteiger partial charge < -0.3 is 0 Å². The number of aromatic nitrogens is 1. The Morgan fingerprint density at radius 3 is 2.86 bits per heavy atom. The standard InChI is InChI=1S/C8H11ClN2O2S/c1-2-5-14(12,13)11-7-3-4-10-8(9)6-7/h3-4,6H,2,5H2,1H3,(H,10,11). The van der Waals surface area contributed by atoms with Crippen molar-refractivity contribution in [1.29, 1.82) is 0 Å². The monoisotopic (exact) mass is 234 g/mol. The molecule has 1 N–H and O–H groups in total. The Morgan fingerprint density at radius 1 is 1.57 bits per heavy atom. The third-order valence-corrected chi connectivity index (χ3v) is 3.17. The van der Waals surface area contributed by atoms with E-state index in [1.54, 1.807) is 13.0 Å². The van der Waals surface area contributed by atoms with Gasteiger partial charge in [-0.15, -0.1) is 0 Å². The van der Waals surface area contributed by atoms with Crippen LogP contribution in [-0.2, 0) is 10.0 Å². The smallest absolute Gasteiger partial charge is 0.232 e. The first-order valence-corrected chi connectivity index (χ1v) is 6.18. The molecule has 0 fully saturated rings. The van der Waals surface area contributed by atoms with Crippen LogP contribution < -0.4 is 4.72 Å². The van der Waals surface area contributed by atoms with Gasteiger partial charge in [0.2, 0.25) is 10.0 Å². The topological polar surface area (TPSA) is 59.1 Å². The molecule has 0 bridgehead atoms. The predicted molar refractivity (Wildman–Crippen MR) is 56.9 cm³/mol. The molecule has 0 radical (unpaired) electrons. The van der Waals surface area contributed by atoms with E-state index in [-0.39, 0.29) is 10.9 Å². The fourth-order valence-corrected chi connectivity index (χ4v) is 2.26. The molecule has 1 heterocycles. The number of rotatable bonds is 4. The highest BCUT2D eigenvalue weighted by molar-refractivity contribution is 7.92. The molecule has 0 aliphatic carbocycles. The first-order chi connectivity index (χ1) is 6.53. The van der Waals surface area contributed by atoms with Gasteiger partial charge in [-0.3, -0.25) is 4.72 Å². The molecule has 0 aromatic carbocycles. The van der Waals surface area contributed by atoms with Crippen LogP contribution in [0.2, 0.25) is 5.15 Å². The second kappa shape index (κ2) is 4.61. The maximum atomic E-state index is 11.3. The van der Waals surface area contributed by atoms with Crippen molar-refractivity contribution >= 4 is 27.3 Å². The Bertz CT molecular complexity index is 406. The van der Waals surface area contributed by atoms with Crippen molar-refractivity contribution in [3.8, 4) is 0 Å². The molecule has 0 aliphatic heterocycles. The van der Waals surface area contributed by atoms with Crippen molar-refractivity contribution < 1.29 is 8.42 Å². The molecular weight excluding hydrogens is 224 g/mol. The van der Waals surface area contributed by atoms with Crippen molar-refractivity contribution in [1.82, 2.24) is 4.98 Å². The lowest BCUT2D eigenvalue weighted by atomic mass is 10.4. The molecule has 1 aromatic rings. The summed E-state index contributed by atoms with van der Waals surface area (Å²) < 4.78 is 25.1. The van der Waals surface area contributed by atoms with Gasteiger partial charge in [0.15, 0.2) is 0 Å². The highest BCUT2D eigenvalue weighted by Crippen LogP contribution is 2.13. The van der Waals surface area contributed by atoms with E-state index in [1.807, 2.05) is 0 Å². The van der Waals surface area contributed by atoms with E-state index in [9.17, 15) is 8.42 Å².